The highest BCUT2D eigenvalue weighted by molar-refractivity contribution is 6.30. The standard InChI is InChI=1S/C19H21ClN4O3/c1-12-18(20)22-17(11-25)23-19(12)24-7-5-14(6-8-24)27-15-3-4-16(26-2)13(9-15)10-21/h3-4,9,14,25H,5-8,11H2,1-2H3. The molecule has 2 heterocycles. The molecule has 0 atom stereocenters. The number of halogens is 1. The lowest BCUT2D eigenvalue weighted by molar-refractivity contribution is 0.170. The minimum absolute atomic E-state index is 0.0520. The molecule has 27 heavy (non-hydrogen) atoms. The van der Waals surface area contributed by atoms with E-state index in [1.54, 1.807) is 12.1 Å². The van der Waals surface area contributed by atoms with Gasteiger partial charge < -0.3 is 19.5 Å². The van der Waals surface area contributed by atoms with Crippen molar-refractivity contribution >= 4 is 17.4 Å². The van der Waals surface area contributed by atoms with Gasteiger partial charge in [0, 0.05) is 37.6 Å². The molecule has 2 aromatic rings. The summed E-state index contributed by atoms with van der Waals surface area (Å²) < 4.78 is 11.2. The van der Waals surface area contributed by atoms with Crippen LogP contribution in [0.1, 0.15) is 29.8 Å². The van der Waals surface area contributed by atoms with Gasteiger partial charge in [-0.15, -0.1) is 0 Å². The van der Waals surface area contributed by atoms with Gasteiger partial charge in [0.2, 0.25) is 0 Å². The smallest absolute Gasteiger partial charge is 0.157 e. The van der Waals surface area contributed by atoms with Gasteiger partial charge in [-0.25, -0.2) is 9.97 Å². The Hall–Kier alpha value is -2.56. The predicted molar refractivity (Wildman–Crippen MR) is 101 cm³/mol. The number of nitriles is 1. The molecule has 8 heteroatoms. The van der Waals surface area contributed by atoms with Crippen LogP contribution in [0.4, 0.5) is 5.82 Å². The first-order valence-electron chi connectivity index (χ1n) is 8.69. The molecule has 0 unspecified atom stereocenters. The van der Waals surface area contributed by atoms with Crippen LogP contribution in [0.5, 0.6) is 11.5 Å². The number of aliphatic hydroxyl groups is 1. The lowest BCUT2D eigenvalue weighted by atomic mass is 10.1. The van der Waals surface area contributed by atoms with E-state index in [4.69, 9.17) is 21.1 Å². The number of aliphatic hydroxyl groups excluding tert-OH is 1. The van der Waals surface area contributed by atoms with E-state index in [9.17, 15) is 10.4 Å². The summed E-state index contributed by atoms with van der Waals surface area (Å²) >= 11 is 6.16. The summed E-state index contributed by atoms with van der Waals surface area (Å²) in [6, 6.07) is 7.37. The van der Waals surface area contributed by atoms with Crippen LogP contribution in [0.15, 0.2) is 18.2 Å². The van der Waals surface area contributed by atoms with Gasteiger partial charge in [-0.05, 0) is 19.1 Å². The second-order valence-corrected chi connectivity index (χ2v) is 6.67. The topological polar surface area (TPSA) is 91.5 Å². The minimum atomic E-state index is -0.245. The molecule has 7 nitrogen and oxygen atoms in total. The maximum absolute atomic E-state index is 9.31. The molecule has 0 aliphatic carbocycles. The molecule has 1 aliphatic heterocycles. The summed E-state index contributed by atoms with van der Waals surface area (Å²) in [7, 11) is 1.54. The maximum atomic E-state index is 9.31. The van der Waals surface area contributed by atoms with Crippen LogP contribution in [-0.2, 0) is 6.61 Å². The van der Waals surface area contributed by atoms with Crippen LogP contribution in [0, 0.1) is 18.3 Å². The number of methoxy groups -OCH3 is 1. The summed E-state index contributed by atoms with van der Waals surface area (Å²) in [5.41, 5.74) is 1.26. The molecule has 1 aliphatic rings. The quantitative estimate of drug-likeness (QED) is 0.787. The van der Waals surface area contributed by atoms with E-state index in [0.717, 1.165) is 37.3 Å². The summed E-state index contributed by atoms with van der Waals surface area (Å²) in [6.45, 7) is 3.14. The molecule has 0 amide bonds. The number of aromatic nitrogens is 2. The molecule has 1 aromatic heterocycles. The van der Waals surface area contributed by atoms with Crippen LogP contribution in [-0.4, -0.2) is 41.4 Å². The minimum Gasteiger partial charge on any atom is -0.495 e. The molecule has 142 valence electrons. The van der Waals surface area contributed by atoms with Crippen molar-refractivity contribution in [2.75, 3.05) is 25.1 Å². The van der Waals surface area contributed by atoms with Crippen molar-refractivity contribution in [2.24, 2.45) is 0 Å². The first-order chi connectivity index (χ1) is 13.0. The first-order valence-corrected chi connectivity index (χ1v) is 9.07. The number of benzene rings is 1. The summed E-state index contributed by atoms with van der Waals surface area (Å²) in [4.78, 5) is 10.6. The van der Waals surface area contributed by atoms with Crippen LogP contribution < -0.4 is 14.4 Å². The van der Waals surface area contributed by atoms with Crippen molar-refractivity contribution in [3.05, 3.63) is 40.3 Å². The summed E-state index contributed by atoms with van der Waals surface area (Å²) in [5.74, 6) is 2.28. The molecule has 0 bridgehead atoms. The second kappa shape index (κ2) is 8.42. The molecular formula is C19H21ClN4O3. The Kier molecular flexibility index (Phi) is 5.99. The van der Waals surface area contributed by atoms with Gasteiger partial charge >= 0.3 is 0 Å². The van der Waals surface area contributed by atoms with E-state index >= 15 is 0 Å². The summed E-state index contributed by atoms with van der Waals surface area (Å²) in [5, 5.41) is 18.9. The van der Waals surface area contributed by atoms with E-state index in [2.05, 4.69) is 20.9 Å². The number of ether oxygens (including phenoxy) is 2. The van der Waals surface area contributed by atoms with Gasteiger partial charge in [-0.1, -0.05) is 11.6 Å². The zero-order valence-electron chi connectivity index (χ0n) is 15.3. The number of anilines is 1. The number of hydrogen-bond donors (Lipinski definition) is 1. The fourth-order valence-electron chi connectivity index (χ4n) is 3.12. The van der Waals surface area contributed by atoms with Crippen molar-refractivity contribution in [2.45, 2.75) is 32.5 Å². The molecule has 1 fully saturated rings. The van der Waals surface area contributed by atoms with Crippen LogP contribution in [0.25, 0.3) is 0 Å². The van der Waals surface area contributed by atoms with E-state index in [-0.39, 0.29) is 12.7 Å². The normalized spacial score (nSPS) is 14.7. The average molecular weight is 389 g/mol. The lowest BCUT2D eigenvalue weighted by Gasteiger charge is -2.34. The van der Waals surface area contributed by atoms with Gasteiger partial charge in [0.25, 0.3) is 0 Å². The van der Waals surface area contributed by atoms with Gasteiger partial charge in [0.15, 0.2) is 5.82 Å². The highest BCUT2D eigenvalue weighted by atomic mass is 35.5. The number of nitrogens with zero attached hydrogens (tertiary/aromatic N) is 4. The van der Waals surface area contributed by atoms with Gasteiger partial charge in [0.05, 0.1) is 12.7 Å². The molecule has 0 saturated carbocycles. The van der Waals surface area contributed by atoms with Crippen LogP contribution in [0.2, 0.25) is 5.15 Å². The zero-order valence-corrected chi connectivity index (χ0v) is 16.0. The van der Waals surface area contributed by atoms with E-state index in [0.29, 0.717) is 28.0 Å². The molecule has 0 radical (unpaired) electrons. The third-order valence-electron chi connectivity index (χ3n) is 4.58. The molecule has 1 saturated heterocycles. The van der Waals surface area contributed by atoms with Crippen molar-refractivity contribution in [3.8, 4) is 17.6 Å². The molecule has 1 aromatic carbocycles. The first kappa shape index (κ1) is 19.2. The number of hydrogen-bond acceptors (Lipinski definition) is 7. The Labute approximate surface area is 163 Å². The van der Waals surface area contributed by atoms with Gasteiger partial charge in [-0.3, -0.25) is 0 Å². The van der Waals surface area contributed by atoms with Gasteiger partial charge in [0.1, 0.15) is 41.3 Å². The monoisotopic (exact) mass is 388 g/mol. The molecule has 3 rings (SSSR count). The fourth-order valence-corrected chi connectivity index (χ4v) is 3.31. The third-order valence-corrected chi connectivity index (χ3v) is 4.95. The van der Waals surface area contributed by atoms with Crippen LogP contribution >= 0.6 is 11.6 Å². The lowest BCUT2D eigenvalue weighted by Crippen LogP contribution is -2.39. The van der Waals surface area contributed by atoms with Crippen molar-refractivity contribution in [1.29, 1.82) is 5.26 Å². The SMILES string of the molecule is COc1ccc(OC2CCN(c3nc(CO)nc(Cl)c3C)CC2)cc1C#N. The average Bonchev–Trinajstić information content (AvgIpc) is 2.70. The van der Waals surface area contributed by atoms with E-state index < -0.39 is 0 Å². The molecule has 1 N–H and O–H groups in total. The highest BCUT2D eigenvalue weighted by Gasteiger charge is 2.24. The Bertz CT molecular complexity index is 861. The number of rotatable bonds is 5. The highest BCUT2D eigenvalue weighted by Crippen LogP contribution is 2.29. The Morgan fingerprint density at radius 2 is 2.07 bits per heavy atom. The van der Waals surface area contributed by atoms with E-state index in [1.807, 2.05) is 13.0 Å². The Morgan fingerprint density at radius 3 is 2.70 bits per heavy atom. The van der Waals surface area contributed by atoms with E-state index in [1.165, 1.54) is 7.11 Å². The largest absolute Gasteiger partial charge is 0.495 e. The zero-order chi connectivity index (χ0) is 19.4. The Morgan fingerprint density at radius 1 is 1.33 bits per heavy atom. The van der Waals surface area contributed by atoms with Crippen molar-refractivity contribution < 1.29 is 14.6 Å². The molecular weight excluding hydrogens is 368 g/mol. The molecule has 0 spiro atoms. The third kappa shape index (κ3) is 4.24. The fraction of sp³-hybridized carbons (Fsp3) is 0.421. The second-order valence-electron chi connectivity index (χ2n) is 6.32. The van der Waals surface area contributed by atoms with Crippen molar-refractivity contribution in [3.63, 3.8) is 0 Å². The van der Waals surface area contributed by atoms with Crippen LogP contribution in [0.3, 0.4) is 0 Å². The van der Waals surface area contributed by atoms with Gasteiger partial charge in [-0.2, -0.15) is 5.26 Å². The summed E-state index contributed by atoms with van der Waals surface area (Å²) in [6.07, 6.45) is 1.67. The predicted octanol–water partition coefficient (Wildman–Crippen LogP) is 2.86. The maximum Gasteiger partial charge on any atom is 0.157 e. The number of piperidine rings is 1. The van der Waals surface area contributed by atoms with Crippen molar-refractivity contribution in [1.82, 2.24) is 9.97 Å². The Balaban J connectivity index is 1.66.